The first-order valence-electron chi connectivity index (χ1n) is 11.6. The Kier molecular flexibility index (Phi) is 6.31. The summed E-state index contributed by atoms with van der Waals surface area (Å²) >= 11 is 0. The minimum atomic E-state index is -0.171. The average Bonchev–Trinajstić information content (AvgIpc) is 3.03. The third-order valence-electron chi connectivity index (χ3n) is 6.91. The van der Waals surface area contributed by atoms with E-state index in [1.54, 1.807) is 11.1 Å². The molecule has 2 aliphatic rings. The Bertz CT molecular complexity index is 947. The molecule has 1 aromatic carbocycles. The molecule has 0 spiro atoms. The van der Waals surface area contributed by atoms with Gasteiger partial charge >= 0.3 is 0 Å². The highest BCUT2D eigenvalue weighted by molar-refractivity contribution is 5.92. The van der Waals surface area contributed by atoms with E-state index in [4.69, 9.17) is 0 Å². The van der Waals surface area contributed by atoms with Crippen molar-refractivity contribution >= 4 is 11.8 Å². The highest BCUT2D eigenvalue weighted by Crippen LogP contribution is 2.52. The molecule has 2 atom stereocenters. The van der Waals surface area contributed by atoms with E-state index >= 15 is 0 Å². The zero-order valence-corrected chi connectivity index (χ0v) is 19.5. The molecule has 1 saturated carbocycles. The van der Waals surface area contributed by atoms with Crippen LogP contribution in [0, 0.1) is 10.8 Å². The van der Waals surface area contributed by atoms with Crippen LogP contribution < -0.4 is 0 Å². The second-order valence-electron chi connectivity index (χ2n) is 10.6. The lowest BCUT2D eigenvalue weighted by atomic mass is 9.65. The van der Waals surface area contributed by atoms with Gasteiger partial charge in [-0.2, -0.15) is 0 Å². The van der Waals surface area contributed by atoms with Crippen molar-refractivity contribution in [2.75, 3.05) is 19.6 Å². The highest BCUT2D eigenvalue weighted by atomic mass is 16.2. The number of carbonyl (C=O) groups excluding carboxylic acids is 2. The summed E-state index contributed by atoms with van der Waals surface area (Å²) in [6.45, 7) is 8.72. The van der Waals surface area contributed by atoms with E-state index < -0.39 is 0 Å². The number of hydrogen-bond acceptors (Lipinski definition) is 4. The molecule has 32 heavy (non-hydrogen) atoms. The van der Waals surface area contributed by atoms with E-state index in [2.05, 4.69) is 47.8 Å². The van der Waals surface area contributed by atoms with Crippen molar-refractivity contribution in [3.8, 4) is 0 Å². The second-order valence-corrected chi connectivity index (χ2v) is 10.6. The molecule has 1 saturated heterocycles. The number of hydrogen-bond donors (Lipinski definition) is 0. The van der Waals surface area contributed by atoms with Crippen molar-refractivity contribution in [3.05, 3.63) is 60.2 Å². The van der Waals surface area contributed by atoms with Gasteiger partial charge in [-0.05, 0) is 42.1 Å². The van der Waals surface area contributed by atoms with E-state index in [1.165, 1.54) is 18.0 Å². The quantitative estimate of drug-likeness (QED) is 0.661. The molecule has 0 N–H and O–H groups in total. The van der Waals surface area contributed by atoms with E-state index in [0.717, 1.165) is 32.2 Å². The Morgan fingerprint density at radius 2 is 1.88 bits per heavy atom. The molecule has 6 nitrogen and oxygen atoms in total. The van der Waals surface area contributed by atoms with Crippen LogP contribution in [0.25, 0.3) is 0 Å². The second kappa shape index (κ2) is 9.00. The van der Waals surface area contributed by atoms with Gasteiger partial charge in [-0.15, -0.1) is 0 Å². The predicted molar refractivity (Wildman–Crippen MR) is 124 cm³/mol. The lowest BCUT2D eigenvalue weighted by molar-refractivity contribution is -0.132. The van der Waals surface area contributed by atoms with Crippen LogP contribution >= 0.6 is 0 Å². The minimum absolute atomic E-state index is 0.160. The van der Waals surface area contributed by atoms with Gasteiger partial charge in [-0.25, -0.2) is 4.98 Å². The van der Waals surface area contributed by atoms with Crippen LogP contribution in [0.3, 0.4) is 0 Å². The average molecular weight is 435 g/mol. The highest BCUT2D eigenvalue weighted by Gasteiger charge is 2.50. The van der Waals surface area contributed by atoms with Crippen LogP contribution in [-0.4, -0.2) is 57.3 Å². The van der Waals surface area contributed by atoms with E-state index in [0.29, 0.717) is 31.2 Å². The van der Waals surface area contributed by atoms with E-state index in [9.17, 15) is 9.59 Å². The molecule has 170 valence electrons. The van der Waals surface area contributed by atoms with Gasteiger partial charge in [0.1, 0.15) is 5.69 Å². The van der Waals surface area contributed by atoms with Gasteiger partial charge in [0, 0.05) is 44.5 Å². The fourth-order valence-corrected chi connectivity index (χ4v) is 5.92. The smallest absolute Gasteiger partial charge is 0.274 e. The van der Waals surface area contributed by atoms with Crippen molar-refractivity contribution in [1.29, 1.82) is 0 Å². The summed E-state index contributed by atoms with van der Waals surface area (Å²) in [4.78, 5) is 38.4. The summed E-state index contributed by atoms with van der Waals surface area (Å²) < 4.78 is 0. The van der Waals surface area contributed by atoms with E-state index in [1.807, 2.05) is 18.2 Å². The number of amides is 2. The third-order valence-corrected chi connectivity index (χ3v) is 6.91. The maximum absolute atomic E-state index is 13.2. The number of rotatable bonds is 7. The van der Waals surface area contributed by atoms with Crippen LogP contribution in [0.1, 0.15) is 62.5 Å². The summed E-state index contributed by atoms with van der Waals surface area (Å²) in [5.41, 5.74) is 1.97. The van der Waals surface area contributed by atoms with Gasteiger partial charge in [0.05, 0.1) is 6.20 Å². The number of carbonyl (C=O) groups is 2. The topological polar surface area (TPSA) is 66.4 Å². The van der Waals surface area contributed by atoms with Crippen LogP contribution in [-0.2, 0) is 11.2 Å². The van der Waals surface area contributed by atoms with Crippen molar-refractivity contribution in [2.24, 2.45) is 10.8 Å². The molecule has 2 bridgehead atoms. The molecular weight excluding hydrogens is 400 g/mol. The van der Waals surface area contributed by atoms with Crippen molar-refractivity contribution in [2.45, 2.75) is 58.9 Å². The fraction of sp³-hybridized carbons (Fsp3) is 0.538. The minimum Gasteiger partial charge on any atom is -0.339 e. The van der Waals surface area contributed by atoms with Gasteiger partial charge in [-0.1, -0.05) is 51.1 Å². The standard InChI is InChI=1S/C26H34N4O2/c1-25(2)15-21-16-26(3,18-25)19-30(21)23(31)10-14-29(13-9-20-7-5-4-6-8-20)24(32)22-17-27-11-12-28-22/h4-8,11-12,17,21H,9-10,13-16,18-19H2,1-3H3. The van der Waals surface area contributed by atoms with Crippen LogP contribution in [0.15, 0.2) is 48.9 Å². The first kappa shape index (κ1) is 22.4. The van der Waals surface area contributed by atoms with E-state index in [-0.39, 0.29) is 22.6 Å². The first-order chi connectivity index (χ1) is 15.2. The number of aromatic nitrogens is 2. The van der Waals surface area contributed by atoms with Gasteiger partial charge in [-0.3, -0.25) is 14.6 Å². The molecule has 1 aromatic heterocycles. The first-order valence-corrected chi connectivity index (χ1v) is 11.6. The monoisotopic (exact) mass is 434 g/mol. The Morgan fingerprint density at radius 3 is 2.59 bits per heavy atom. The number of nitrogens with zero attached hydrogens (tertiary/aromatic N) is 4. The Labute approximate surface area is 191 Å². The summed E-state index contributed by atoms with van der Waals surface area (Å²) in [5.74, 6) is -0.0110. The molecule has 0 radical (unpaired) electrons. The zero-order valence-electron chi connectivity index (χ0n) is 19.5. The number of benzene rings is 1. The molecule has 2 amide bonds. The molecule has 1 aliphatic carbocycles. The molecule has 2 fully saturated rings. The van der Waals surface area contributed by atoms with Crippen LogP contribution in [0.2, 0.25) is 0 Å². The zero-order chi connectivity index (χ0) is 22.8. The normalized spacial score (nSPS) is 23.7. The Balaban J connectivity index is 1.42. The lowest BCUT2D eigenvalue weighted by Gasteiger charge is -2.39. The lowest BCUT2D eigenvalue weighted by Crippen LogP contribution is -2.41. The van der Waals surface area contributed by atoms with Crippen molar-refractivity contribution in [3.63, 3.8) is 0 Å². The van der Waals surface area contributed by atoms with Crippen LogP contribution in [0.5, 0.6) is 0 Å². The Morgan fingerprint density at radius 1 is 1.09 bits per heavy atom. The summed E-state index contributed by atoms with van der Waals surface area (Å²) in [5, 5.41) is 0. The molecule has 2 aromatic rings. The molecule has 4 rings (SSSR count). The number of likely N-dealkylation sites (tertiary alicyclic amines) is 1. The molecule has 6 heteroatoms. The van der Waals surface area contributed by atoms with Gasteiger partial charge in [0.15, 0.2) is 0 Å². The van der Waals surface area contributed by atoms with Crippen molar-refractivity contribution < 1.29 is 9.59 Å². The Hall–Kier alpha value is -2.76. The number of fused-ring (bicyclic) bond motifs is 2. The summed E-state index contributed by atoms with van der Waals surface area (Å²) in [6.07, 6.45) is 8.97. The van der Waals surface area contributed by atoms with Gasteiger partial charge in [0.2, 0.25) is 5.91 Å². The maximum atomic E-state index is 13.2. The maximum Gasteiger partial charge on any atom is 0.274 e. The van der Waals surface area contributed by atoms with Crippen LogP contribution in [0.4, 0.5) is 0 Å². The summed E-state index contributed by atoms with van der Waals surface area (Å²) in [6, 6.07) is 10.4. The summed E-state index contributed by atoms with van der Waals surface area (Å²) in [7, 11) is 0. The molecular formula is C26H34N4O2. The van der Waals surface area contributed by atoms with Gasteiger partial charge < -0.3 is 9.80 Å². The van der Waals surface area contributed by atoms with Crippen molar-refractivity contribution in [1.82, 2.24) is 19.8 Å². The molecule has 2 heterocycles. The largest absolute Gasteiger partial charge is 0.339 e. The molecule has 2 unspecified atom stereocenters. The van der Waals surface area contributed by atoms with Gasteiger partial charge in [0.25, 0.3) is 5.91 Å². The predicted octanol–water partition coefficient (Wildman–Crippen LogP) is 3.98. The fourth-order valence-electron chi connectivity index (χ4n) is 5.92. The molecule has 1 aliphatic heterocycles. The SMILES string of the molecule is CC1(C)CC2CC(C)(CN2C(=O)CCN(CCc2ccccc2)C(=O)c2cnccn2)C1. The third kappa shape index (κ3) is 5.17.